The molecule has 1 N–H and O–H groups in total. The maximum absolute atomic E-state index is 11.9. The van der Waals surface area contributed by atoms with E-state index in [-0.39, 0.29) is 17.6 Å². The van der Waals surface area contributed by atoms with E-state index >= 15 is 0 Å². The Morgan fingerprint density at radius 1 is 1.38 bits per heavy atom. The molecule has 1 aromatic rings. The fourth-order valence-corrected chi connectivity index (χ4v) is 2.19. The van der Waals surface area contributed by atoms with E-state index < -0.39 is 0 Å². The average Bonchev–Trinajstić information content (AvgIpc) is 2.35. The second-order valence-corrected chi connectivity index (χ2v) is 5.10. The number of Topliss-reactive ketones (excluding diaryl/α,β-unsaturated/α-hetero) is 1. The van der Waals surface area contributed by atoms with Gasteiger partial charge in [0.2, 0.25) is 0 Å². The first kappa shape index (κ1) is 13.3. The molecule has 0 radical (unpaired) electrons. The summed E-state index contributed by atoms with van der Waals surface area (Å²) in [5, 5.41) is 8.62. The Bertz CT molecular complexity index is 332. The summed E-state index contributed by atoms with van der Waals surface area (Å²) in [6.07, 6.45) is 0.989. The number of thioether (sulfide) groups is 1. The molecular weight excluding hydrogens is 220 g/mol. The molecule has 1 unspecified atom stereocenters. The van der Waals surface area contributed by atoms with E-state index in [9.17, 15) is 4.79 Å². The molecule has 0 saturated heterocycles. The van der Waals surface area contributed by atoms with Crippen molar-refractivity contribution in [2.75, 3.05) is 12.4 Å². The quantitative estimate of drug-likeness (QED) is 0.774. The molecule has 3 heteroatoms. The third-order valence-corrected chi connectivity index (χ3v) is 3.61. The Balaban J connectivity index is 2.64. The van der Waals surface area contributed by atoms with Gasteiger partial charge in [0, 0.05) is 11.3 Å². The largest absolute Gasteiger partial charge is 0.396 e. The van der Waals surface area contributed by atoms with Crippen molar-refractivity contribution in [2.24, 2.45) is 0 Å². The van der Waals surface area contributed by atoms with Crippen molar-refractivity contribution in [1.82, 2.24) is 0 Å². The van der Waals surface area contributed by atoms with E-state index in [2.05, 4.69) is 6.92 Å². The van der Waals surface area contributed by atoms with Crippen LogP contribution in [-0.2, 0) is 6.42 Å². The van der Waals surface area contributed by atoms with Gasteiger partial charge < -0.3 is 5.11 Å². The fourth-order valence-electron chi connectivity index (χ4n) is 1.44. The van der Waals surface area contributed by atoms with Crippen molar-refractivity contribution in [1.29, 1.82) is 0 Å². The molecule has 0 aliphatic heterocycles. The molecule has 0 amide bonds. The Morgan fingerprint density at radius 3 is 2.50 bits per heavy atom. The summed E-state index contributed by atoms with van der Waals surface area (Å²) >= 11 is 1.49. The third kappa shape index (κ3) is 3.65. The minimum Gasteiger partial charge on any atom is -0.396 e. The first-order valence-electron chi connectivity index (χ1n) is 5.54. The van der Waals surface area contributed by atoms with Crippen LogP contribution in [0.15, 0.2) is 24.3 Å². The number of carbonyl (C=O) groups excluding carboxylic acids is 1. The van der Waals surface area contributed by atoms with E-state index in [1.54, 1.807) is 0 Å². The summed E-state index contributed by atoms with van der Waals surface area (Å²) in [5.41, 5.74) is 2.00. The maximum Gasteiger partial charge on any atom is 0.175 e. The SMILES string of the molecule is CCc1ccc(C(=O)C(C)SCCO)cc1. The monoisotopic (exact) mass is 238 g/mol. The van der Waals surface area contributed by atoms with Crippen molar-refractivity contribution in [3.8, 4) is 0 Å². The second-order valence-electron chi connectivity index (χ2n) is 3.65. The molecule has 16 heavy (non-hydrogen) atoms. The number of ketones is 1. The number of aryl methyl sites for hydroxylation is 1. The van der Waals surface area contributed by atoms with Crippen molar-refractivity contribution in [2.45, 2.75) is 25.5 Å². The third-order valence-electron chi connectivity index (χ3n) is 2.48. The molecule has 88 valence electrons. The molecule has 1 rings (SSSR count). The molecule has 0 aromatic heterocycles. The zero-order valence-electron chi connectivity index (χ0n) is 9.77. The number of aliphatic hydroxyl groups is 1. The summed E-state index contributed by atoms with van der Waals surface area (Å²) in [7, 11) is 0. The van der Waals surface area contributed by atoms with Crippen molar-refractivity contribution in [3.63, 3.8) is 0 Å². The number of benzene rings is 1. The summed E-state index contributed by atoms with van der Waals surface area (Å²) in [5.74, 6) is 0.751. The van der Waals surface area contributed by atoms with Crippen LogP contribution in [0.4, 0.5) is 0 Å². The molecule has 0 aliphatic rings. The highest BCUT2D eigenvalue weighted by atomic mass is 32.2. The van der Waals surface area contributed by atoms with Gasteiger partial charge in [0.25, 0.3) is 0 Å². The Morgan fingerprint density at radius 2 is 2.00 bits per heavy atom. The number of hydrogen-bond acceptors (Lipinski definition) is 3. The zero-order chi connectivity index (χ0) is 12.0. The Labute approximate surface area is 101 Å². The van der Waals surface area contributed by atoms with Gasteiger partial charge in [-0.25, -0.2) is 0 Å². The molecule has 2 nitrogen and oxygen atoms in total. The first-order valence-corrected chi connectivity index (χ1v) is 6.59. The summed E-state index contributed by atoms with van der Waals surface area (Å²) in [6, 6.07) is 7.77. The van der Waals surface area contributed by atoms with Crippen LogP contribution in [0, 0.1) is 0 Å². The lowest BCUT2D eigenvalue weighted by atomic mass is 10.1. The summed E-state index contributed by atoms with van der Waals surface area (Å²) < 4.78 is 0. The predicted octanol–water partition coefficient (Wildman–Crippen LogP) is 2.55. The highest BCUT2D eigenvalue weighted by Crippen LogP contribution is 2.16. The topological polar surface area (TPSA) is 37.3 Å². The summed E-state index contributed by atoms with van der Waals surface area (Å²) in [6.45, 7) is 4.10. The van der Waals surface area contributed by atoms with E-state index in [0.29, 0.717) is 5.75 Å². The van der Waals surface area contributed by atoms with Crippen molar-refractivity contribution >= 4 is 17.5 Å². The molecule has 0 spiro atoms. The second kappa shape index (κ2) is 6.71. The normalized spacial score (nSPS) is 12.4. The lowest BCUT2D eigenvalue weighted by molar-refractivity contribution is 0.0994. The number of hydrogen-bond donors (Lipinski definition) is 1. The highest BCUT2D eigenvalue weighted by Gasteiger charge is 2.14. The standard InChI is InChI=1S/C13H18O2S/c1-3-11-4-6-12(7-5-11)13(15)10(2)16-9-8-14/h4-7,10,14H,3,8-9H2,1-2H3. The van der Waals surface area contributed by atoms with Gasteiger partial charge in [-0.2, -0.15) is 0 Å². The molecule has 0 saturated carbocycles. The first-order chi connectivity index (χ1) is 7.69. The van der Waals surface area contributed by atoms with E-state index in [4.69, 9.17) is 5.11 Å². The van der Waals surface area contributed by atoms with Crippen LogP contribution >= 0.6 is 11.8 Å². The van der Waals surface area contributed by atoms with E-state index in [0.717, 1.165) is 12.0 Å². The molecular formula is C13H18O2S. The van der Waals surface area contributed by atoms with Gasteiger partial charge in [0.05, 0.1) is 11.9 Å². The van der Waals surface area contributed by atoms with Gasteiger partial charge in [0.15, 0.2) is 5.78 Å². The molecule has 0 aliphatic carbocycles. The van der Waals surface area contributed by atoms with Gasteiger partial charge in [0.1, 0.15) is 0 Å². The molecule has 1 atom stereocenters. The van der Waals surface area contributed by atoms with Crippen molar-refractivity contribution < 1.29 is 9.90 Å². The number of carbonyl (C=O) groups is 1. The molecule has 0 bridgehead atoms. The lowest BCUT2D eigenvalue weighted by Gasteiger charge is -2.09. The smallest absolute Gasteiger partial charge is 0.175 e. The Kier molecular flexibility index (Phi) is 5.56. The number of rotatable bonds is 6. The lowest BCUT2D eigenvalue weighted by Crippen LogP contribution is -2.14. The minimum absolute atomic E-state index is 0.0837. The maximum atomic E-state index is 11.9. The van der Waals surface area contributed by atoms with Crippen LogP contribution < -0.4 is 0 Å². The van der Waals surface area contributed by atoms with Gasteiger partial charge in [-0.05, 0) is 18.9 Å². The minimum atomic E-state index is -0.0837. The van der Waals surface area contributed by atoms with E-state index in [1.165, 1.54) is 17.3 Å². The Hall–Kier alpha value is -0.800. The van der Waals surface area contributed by atoms with E-state index in [1.807, 2.05) is 31.2 Å². The zero-order valence-corrected chi connectivity index (χ0v) is 10.6. The molecule has 0 fully saturated rings. The molecule has 0 heterocycles. The van der Waals surface area contributed by atoms with Gasteiger partial charge in [-0.3, -0.25) is 4.79 Å². The van der Waals surface area contributed by atoms with Gasteiger partial charge in [-0.1, -0.05) is 31.2 Å². The van der Waals surface area contributed by atoms with Crippen LogP contribution in [0.5, 0.6) is 0 Å². The van der Waals surface area contributed by atoms with Crippen LogP contribution in [0.1, 0.15) is 29.8 Å². The van der Waals surface area contributed by atoms with Crippen LogP contribution in [0.25, 0.3) is 0 Å². The molecule has 1 aromatic carbocycles. The summed E-state index contributed by atoms with van der Waals surface area (Å²) in [4.78, 5) is 11.9. The van der Waals surface area contributed by atoms with Crippen LogP contribution in [0.2, 0.25) is 0 Å². The van der Waals surface area contributed by atoms with Gasteiger partial charge in [-0.15, -0.1) is 11.8 Å². The fraction of sp³-hybridized carbons (Fsp3) is 0.462. The predicted molar refractivity (Wildman–Crippen MR) is 69.2 cm³/mol. The highest BCUT2D eigenvalue weighted by molar-refractivity contribution is 8.00. The number of aliphatic hydroxyl groups excluding tert-OH is 1. The van der Waals surface area contributed by atoms with Gasteiger partial charge >= 0.3 is 0 Å². The van der Waals surface area contributed by atoms with Crippen LogP contribution in [-0.4, -0.2) is 28.5 Å². The average molecular weight is 238 g/mol. The van der Waals surface area contributed by atoms with Crippen molar-refractivity contribution in [3.05, 3.63) is 35.4 Å². The van der Waals surface area contributed by atoms with Crippen LogP contribution in [0.3, 0.4) is 0 Å².